The fraction of sp³-hybridized carbons (Fsp3) is 0.364. The second-order valence-corrected chi connectivity index (χ2v) is 4.54. The van der Waals surface area contributed by atoms with Gasteiger partial charge in [-0.05, 0) is 0 Å². The van der Waals surface area contributed by atoms with E-state index in [4.69, 9.17) is 5.11 Å². The van der Waals surface area contributed by atoms with Crippen molar-refractivity contribution in [3.8, 4) is 5.75 Å². The minimum absolute atomic E-state index is 0.100. The molecule has 0 aliphatic rings. The average molecular weight is 257 g/mol. The second kappa shape index (κ2) is 4.59. The molecule has 1 aromatic carbocycles. The second-order valence-electron chi connectivity index (χ2n) is 4.54. The molecule has 0 aliphatic heterocycles. The van der Waals surface area contributed by atoms with E-state index in [-0.39, 0.29) is 12.0 Å². The molecule has 0 bridgehead atoms. The van der Waals surface area contributed by atoms with E-state index in [1.807, 2.05) is 0 Å². The Balaban J connectivity index is 3.39. The first-order valence-electron chi connectivity index (χ1n) is 5.04. The predicted molar refractivity (Wildman–Crippen MR) is 60.0 cm³/mol. The van der Waals surface area contributed by atoms with Crippen LogP contribution in [0.1, 0.15) is 25.8 Å². The molecule has 0 atom stereocenters. The molecule has 6 nitrogen and oxygen atoms in total. The van der Waals surface area contributed by atoms with Gasteiger partial charge in [0.2, 0.25) is 0 Å². The first kappa shape index (κ1) is 13.9. The van der Waals surface area contributed by atoms with Crippen LogP contribution in [0, 0.1) is 15.9 Å². The Morgan fingerprint density at radius 1 is 1.50 bits per heavy atom. The summed E-state index contributed by atoms with van der Waals surface area (Å²) in [4.78, 5) is 20.5. The number of carboxylic acids is 1. The van der Waals surface area contributed by atoms with E-state index in [1.54, 1.807) is 0 Å². The molecule has 0 spiro atoms. The van der Waals surface area contributed by atoms with Crippen LogP contribution < -0.4 is 0 Å². The highest BCUT2D eigenvalue weighted by Gasteiger charge is 2.30. The number of benzene rings is 1. The standard InChI is InChI=1S/C11H12FNO5/c1-11(2,5-9(14)15)7-3-6(13(17)18)4-8(12)10(7)16/h3-4,16H,5H2,1-2H3,(H,14,15). The molecule has 1 aromatic rings. The van der Waals surface area contributed by atoms with Gasteiger partial charge in [0.25, 0.3) is 5.69 Å². The normalized spacial score (nSPS) is 11.3. The van der Waals surface area contributed by atoms with Gasteiger partial charge in [-0.25, -0.2) is 4.39 Å². The monoisotopic (exact) mass is 257 g/mol. The van der Waals surface area contributed by atoms with E-state index < -0.39 is 33.6 Å². The minimum atomic E-state index is -1.15. The van der Waals surface area contributed by atoms with Gasteiger partial charge in [0, 0.05) is 17.0 Å². The van der Waals surface area contributed by atoms with Crippen LogP contribution in [0.3, 0.4) is 0 Å². The lowest BCUT2D eigenvalue weighted by Gasteiger charge is -2.23. The molecule has 0 aromatic heterocycles. The lowest BCUT2D eigenvalue weighted by atomic mass is 9.80. The molecule has 7 heteroatoms. The third-order valence-corrected chi connectivity index (χ3v) is 2.58. The van der Waals surface area contributed by atoms with Crippen molar-refractivity contribution in [2.45, 2.75) is 25.7 Å². The van der Waals surface area contributed by atoms with Crippen molar-refractivity contribution in [3.05, 3.63) is 33.6 Å². The minimum Gasteiger partial charge on any atom is -0.505 e. The van der Waals surface area contributed by atoms with Gasteiger partial charge in [-0.15, -0.1) is 0 Å². The predicted octanol–water partition coefficient (Wildman–Crippen LogP) is 2.19. The van der Waals surface area contributed by atoms with Gasteiger partial charge in [-0.2, -0.15) is 0 Å². The number of rotatable bonds is 4. The Bertz CT molecular complexity index is 512. The highest BCUT2D eigenvalue weighted by atomic mass is 19.1. The number of nitro groups is 1. The van der Waals surface area contributed by atoms with Crippen molar-refractivity contribution >= 4 is 11.7 Å². The number of phenols is 1. The number of nitro benzene ring substituents is 1. The fourth-order valence-corrected chi connectivity index (χ4v) is 1.68. The highest BCUT2D eigenvalue weighted by Crippen LogP contribution is 2.37. The summed E-state index contributed by atoms with van der Waals surface area (Å²) in [7, 11) is 0. The van der Waals surface area contributed by atoms with Crippen LogP contribution in [-0.4, -0.2) is 21.1 Å². The van der Waals surface area contributed by atoms with Gasteiger partial charge in [-0.3, -0.25) is 14.9 Å². The lowest BCUT2D eigenvalue weighted by Crippen LogP contribution is -2.22. The Morgan fingerprint density at radius 3 is 2.50 bits per heavy atom. The summed E-state index contributed by atoms with van der Waals surface area (Å²) in [6, 6.07) is 1.58. The van der Waals surface area contributed by atoms with Crippen LogP contribution in [-0.2, 0) is 10.2 Å². The van der Waals surface area contributed by atoms with Crippen LogP contribution in [0.25, 0.3) is 0 Å². The highest BCUT2D eigenvalue weighted by molar-refractivity contribution is 5.69. The van der Waals surface area contributed by atoms with Crippen molar-refractivity contribution < 1.29 is 24.3 Å². The van der Waals surface area contributed by atoms with Crippen molar-refractivity contribution in [1.29, 1.82) is 0 Å². The number of hydrogen-bond donors (Lipinski definition) is 2. The first-order chi connectivity index (χ1) is 8.15. The average Bonchev–Trinajstić information content (AvgIpc) is 2.19. The molecule has 0 saturated carbocycles. The molecule has 0 saturated heterocycles. The van der Waals surface area contributed by atoms with Gasteiger partial charge in [0.05, 0.1) is 17.4 Å². The van der Waals surface area contributed by atoms with E-state index in [2.05, 4.69) is 0 Å². The van der Waals surface area contributed by atoms with Crippen LogP contribution >= 0.6 is 0 Å². The van der Waals surface area contributed by atoms with Gasteiger partial charge in [-0.1, -0.05) is 13.8 Å². The van der Waals surface area contributed by atoms with Crippen molar-refractivity contribution in [2.75, 3.05) is 0 Å². The smallest absolute Gasteiger partial charge is 0.304 e. The zero-order valence-electron chi connectivity index (χ0n) is 9.81. The van der Waals surface area contributed by atoms with Gasteiger partial charge < -0.3 is 10.2 Å². The molecule has 1 rings (SSSR count). The summed E-state index contributed by atoms with van der Waals surface area (Å²) in [5.41, 5.74) is -1.75. The zero-order chi connectivity index (χ0) is 14.1. The number of nitrogens with zero attached hydrogens (tertiary/aromatic N) is 1. The third kappa shape index (κ3) is 2.73. The summed E-state index contributed by atoms with van der Waals surface area (Å²) in [6.45, 7) is 2.92. The van der Waals surface area contributed by atoms with Gasteiger partial charge in [0.1, 0.15) is 0 Å². The van der Waals surface area contributed by atoms with E-state index in [0.717, 1.165) is 6.07 Å². The van der Waals surface area contributed by atoms with Gasteiger partial charge in [0.15, 0.2) is 11.6 Å². The number of hydrogen-bond acceptors (Lipinski definition) is 4. The Morgan fingerprint density at radius 2 is 2.06 bits per heavy atom. The molecule has 0 unspecified atom stereocenters. The van der Waals surface area contributed by atoms with Crippen LogP contribution in [0.15, 0.2) is 12.1 Å². The number of carbonyl (C=O) groups is 1. The molecule has 0 radical (unpaired) electrons. The molecular formula is C11H12FNO5. The van der Waals surface area contributed by atoms with Crippen LogP contribution in [0.2, 0.25) is 0 Å². The molecule has 0 fully saturated rings. The largest absolute Gasteiger partial charge is 0.505 e. The molecule has 2 N–H and O–H groups in total. The summed E-state index contributed by atoms with van der Waals surface area (Å²) in [5, 5.41) is 28.9. The van der Waals surface area contributed by atoms with Crippen LogP contribution in [0.4, 0.5) is 10.1 Å². The molecule has 18 heavy (non-hydrogen) atoms. The maximum atomic E-state index is 13.4. The third-order valence-electron chi connectivity index (χ3n) is 2.58. The lowest BCUT2D eigenvalue weighted by molar-refractivity contribution is -0.385. The summed E-state index contributed by atoms with van der Waals surface area (Å²) in [5.74, 6) is -3.05. The Labute approximate surface area is 102 Å². The summed E-state index contributed by atoms with van der Waals surface area (Å²) >= 11 is 0. The maximum Gasteiger partial charge on any atom is 0.304 e. The van der Waals surface area contributed by atoms with Crippen LogP contribution in [0.5, 0.6) is 5.75 Å². The summed E-state index contributed by atoms with van der Waals surface area (Å²) in [6.07, 6.45) is -0.388. The molecule has 0 aliphatic carbocycles. The van der Waals surface area contributed by atoms with E-state index in [1.165, 1.54) is 13.8 Å². The van der Waals surface area contributed by atoms with Gasteiger partial charge >= 0.3 is 5.97 Å². The quantitative estimate of drug-likeness (QED) is 0.636. The van der Waals surface area contributed by atoms with Crippen molar-refractivity contribution in [1.82, 2.24) is 0 Å². The first-order valence-corrected chi connectivity index (χ1v) is 5.04. The SMILES string of the molecule is CC(C)(CC(=O)O)c1cc([N+](=O)[O-])cc(F)c1O. The number of phenolic OH excluding ortho intramolecular Hbond substituents is 1. The Hall–Kier alpha value is -2.18. The van der Waals surface area contributed by atoms with E-state index in [0.29, 0.717) is 6.07 Å². The van der Waals surface area contributed by atoms with E-state index in [9.17, 15) is 24.4 Å². The number of carboxylic acid groups (broad SMARTS) is 1. The molecule has 0 heterocycles. The molecular weight excluding hydrogens is 245 g/mol. The number of halogens is 1. The molecule has 0 amide bonds. The number of non-ortho nitro benzene ring substituents is 1. The topological polar surface area (TPSA) is 101 Å². The van der Waals surface area contributed by atoms with E-state index >= 15 is 0 Å². The number of aromatic hydroxyl groups is 1. The van der Waals surface area contributed by atoms with Crippen molar-refractivity contribution in [2.24, 2.45) is 0 Å². The van der Waals surface area contributed by atoms with Crippen molar-refractivity contribution in [3.63, 3.8) is 0 Å². The Kier molecular flexibility index (Phi) is 3.54. The zero-order valence-corrected chi connectivity index (χ0v) is 9.81. The summed E-state index contributed by atoms with van der Waals surface area (Å²) < 4.78 is 13.4. The maximum absolute atomic E-state index is 13.4. The molecule has 98 valence electrons. The fourth-order valence-electron chi connectivity index (χ4n) is 1.68. The number of aliphatic carboxylic acids is 1.